The van der Waals surface area contributed by atoms with Crippen LogP contribution in [0, 0.1) is 0 Å². The lowest BCUT2D eigenvalue weighted by molar-refractivity contribution is 0.296. The lowest BCUT2D eigenvalue weighted by atomic mass is 10.1. The molecule has 5 nitrogen and oxygen atoms in total. The maximum atomic E-state index is 5.67. The molecule has 1 aliphatic rings. The first kappa shape index (κ1) is 13.9. The summed E-state index contributed by atoms with van der Waals surface area (Å²) in [5, 5.41) is 3.42. The molecular formula is C16H20N4O. The zero-order chi connectivity index (χ0) is 14.3. The maximum Gasteiger partial charge on any atom is 0.232 e. The average Bonchev–Trinajstić information content (AvgIpc) is 3.35. The molecule has 1 saturated carbocycles. The molecule has 0 atom stereocenters. The van der Waals surface area contributed by atoms with Crippen LogP contribution in [0.4, 0.5) is 0 Å². The number of nitrogens with one attached hydrogen (secondary N) is 1. The number of nitrogens with zero attached hydrogens (tertiary/aromatic N) is 3. The summed E-state index contributed by atoms with van der Waals surface area (Å²) < 4.78 is 5.67. The third-order valence-electron chi connectivity index (χ3n) is 3.42. The van der Waals surface area contributed by atoms with Gasteiger partial charge in [-0.25, -0.2) is 4.98 Å². The van der Waals surface area contributed by atoms with E-state index in [2.05, 4.69) is 20.3 Å². The predicted molar refractivity (Wildman–Crippen MR) is 79.9 cm³/mol. The smallest absolute Gasteiger partial charge is 0.232 e. The highest BCUT2D eigenvalue weighted by atomic mass is 16.5. The Morgan fingerprint density at radius 1 is 1.14 bits per heavy atom. The highest BCUT2D eigenvalue weighted by Crippen LogP contribution is 2.19. The molecule has 1 N–H and O–H groups in total. The van der Waals surface area contributed by atoms with Crippen LogP contribution in [-0.2, 0) is 13.0 Å². The van der Waals surface area contributed by atoms with Crippen molar-refractivity contribution in [2.24, 2.45) is 0 Å². The second kappa shape index (κ2) is 7.13. The summed E-state index contributed by atoms with van der Waals surface area (Å²) in [6.45, 7) is 1.42. The van der Waals surface area contributed by atoms with Crippen molar-refractivity contribution in [3.05, 3.63) is 48.2 Å². The second-order valence-corrected chi connectivity index (χ2v) is 5.31. The normalized spacial score (nSPS) is 14.1. The zero-order valence-electron chi connectivity index (χ0n) is 12.0. The van der Waals surface area contributed by atoms with Crippen LogP contribution in [0.1, 0.15) is 30.5 Å². The average molecular weight is 284 g/mol. The van der Waals surface area contributed by atoms with Crippen molar-refractivity contribution in [1.82, 2.24) is 20.3 Å². The molecule has 2 aromatic rings. The van der Waals surface area contributed by atoms with Gasteiger partial charge in [-0.3, -0.25) is 9.97 Å². The van der Waals surface area contributed by atoms with Gasteiger partial charge in [0.25, 0.3) is 0 Å². The van der Waals surface area contributed by atoms with Gasteiger partial charge < -0.3 is 10.1 Å². The first-order valence-corrected chi connectivity index (χ1v) is 7.46. The topological polar surface area (TPSA) is 59.9 Å². The van der Waals surface area contributed by atoms with E-state index in [1.54, 1.807) is 12.4 Å². The molecule has 110 valence electrons. The van der Waals surface area contributed by atoms with Gasteiger partial charge >= 0.3 is 0 Å². The van der Waals surface area contributed by atoms with Gasteiger partial charge in [0.2, 0.25) is 5.88 Å². The Morgan fingerprint density at radius 2 is 2.00 bits per heavy atom. The van der Waals surface area contributed by atoms with Crippen molar-refractivity contribution >= 4 is 0 Å². The van der Waals surface area contributed by atoms with Gasteiger partial charge in [-0.15, -0.1) is 0 Å². The van der Waals surface area contributed by atoms with E-state index in [-0.39, 0.29) is 0 Å². The fraction of sp³-hybridized carbons (Fsp3) is 0.438. The second-order valence-electron chi connectivity index (χ2n) is 5.31. The van der Waals surface area contributed by atoms with Crippen LogP contribution in [0.15, 0.2) is 36.9 Å². The Labute approximate surface area is 124 Å². The summed E-state index contributed by atoms with van der Waals surface area (Å²) in [5.41, 5.74) is 2.22. The van der Waals surface area contributed by atoms with Crippen molar-refractivity contribution in [2.45, 2.75) is 38.3 Å². The van der Waals surface area contributed by atoms with Crippen LogP contribution < -0.4 is 10.1 Å². The summed E-state index contributed by atoms with van der Waals surface area (Å²) in [6.07, 6.45) is 11.6. The molecular weight excluding hydrogens is 264 g/mol. The monoisotopic (exact) mass is 284 g/mol. The van der Waals surface area contributed by atoms with E-state index in [1.807, 2.05) is 24.5 Å². The number of rotatable bonds is 8. The predicted octanol–water partition coefficient (Wildman–Crippen LogP) is 2.14. The van der Waals surface area contributed by atoms with E-state index in [4.69, 9.17) is 4.74 Å². The third kappa shape index (κ3) is 4.79. The minimum absolute atomic E-state index is 0.611. The van der Waals surface area contributed by atoms with E-state index in [9.17, 15) is 0 Å². The molecule has 2 heterocycles. The van der Waals surface area contributed by atoms with Crippen LogP contribution in [0.5, 0.6) is 5.88 Å². The van der Waals surface area contributed by atoms with Crippen LogP contribution in [0.25, 0.3) is 0 Å². The zero-order valence-corrected chi connectivity index (χ0v) is 12.0. The molecule has 21 heavy (non-hydrogen) atoms. The molecule has 0 spiro atoms. The van der Waals surface area contributed by atoms with Crippen LogP contribution in [0.2, 0.25) is 0 Å². The molecule has 3 rings (SSSR count). The third-order valence-corrected chi connectivity index (χ3v) is 3.42. The SMILES string of the molecule is c1cc(CCCOc2cncc(CNC3CC3)n2)ccn1. The number of pyridine rings is 1. The minimum Gasteiger partial charge on any atom is -0.477 e. The number of ether oxygens (including phenoxy) is 1. The summed E-state index contributed by atoms with van der Waals surface area (Å²) in [7, 11) is 0. The Morgan fingerprint density at radius 3 is 2.81 bits per heavy atom. The molecule has 1 aliphatic carbocycles. The van der Waals surface area contributed by atoms with Crippen molar-refractivity contribution in [1.29, 1.82) is 0 Å². The van der Waals surface area contributed by atoms with Crippen LogP contribution in [-0.4, -0.2) is 27.6 Å². The quantitative estimate of drug-likeness (QED) is 0.753. The standard InChI is InChI=1S/C16H20N4O/c1(2-13-5-7-17-8-6-13)9-21-16-12-18-10-15(20-16)11-19-14-3-4-14/h5-8,10,12,14,19H,1-4,9,11H2. The number of aryl methyl sites for hydroxylation is 1. The molecule has 5 heteroatoms. The first-order chi connectivity index (χ1) is 10.4. The molecule has 0 saturated heterocycles. The fourth-order valence-electron chi connectivity index (χ4n) is 2.08. The Hall–Kier alpha value is -2.01. The largest absolute Gasteiger partial charge is 0.477 e. The summed E-state index contributed by atoms with van der Waals surface area (Å²) in [5.74, 6) is 0.611. The number of aromatic nitrogens is 3. The van der Waals surface area contributed by atoms with E-state index < -0.39 is 0 Å². The van der Waals surface area contributed by atoms with Gasteiger partial charge in [0.15, 0.2) is 0 Å². The molecule has 0 unspecified atom stereocenters. The summed E-state index contributed by atoms with van der Waals surface area (Å²) >= 11 is 0. The van der Waals surface area contributed by atoms with Gasteiger partial charge in [-0.05, 0) is 43.4 Å². The van der Waals surface area contributed by atoms with Gasteiger partial charge in [0.05, 0.1) is 18.5 Å². The molecule has 2 aromatic heterocycles. The lowest BCUT2D eigenvalue weighted by Crippen LogP contribution is -2.16. The first-order valence-electron chi connectivity index (χ1n) is 7.46. The van der Waals surface area contributed by atoms with Crippen molar-refractivity contribution in [2.75, 3.05) is 6.61 Å². The Bertz CT molecular complexity index is 557. The van der Waals surface area contributed by atoms with Gasteiger partial charge in [-0.2, -0.15) is 0 Å². The Balaban J connectivity index is 1.41. The van der Waals surface area contributed by atoms with E-state index in [0.29, 0.717) is 18.5 Å². The molecule has 0 aliphatic heterocycles. The fourth-order valence-corrected chi connectivity index (χ4v) is 2.08. The van der Waals surface area contributed by atoms with Gasteiger partial charge in [0.1, 0.15) is 0 Å². The highest BCUT2D eigenvalue weighted by Gasteiger charge is 2.20. The van der Waals surface area contributed by atoms with Gasteiger partial charge in [0, 0.05) is 31.2 Å². The van der Waals surface area contributed by atoms with Crippen molar-refractivity contribution in [3.8, 4) is 5.88 Å². The van der Waals surface area contributed by atoms with E-state index in [0.717, 1.165) is 25.1 Å². The van der Waals surface area contributed by atoms with E-state index >= 15 is 0 Å². The lowest BCUT2D eigenvalue weighted by Gasteiger charge is -2.07. The summed E-state index contributed by atoms with van der Waals surface area (Å²) in [6, 6.07) is 4.74. The highest BCUT2D eigenvalue weighted by molar-refractivity contribution is 5.10. The Kier molecular flexibility index (Phi) is 4.74. The maximum absolute atomic E-state index is 5.67. The molecule has 0 bridgehead atoms. The molecule has 1 fully saturated rings. The van der Waals surface area contributed by atoms with Crippen molar-refractivity contribution in [3.63, 3.8) is 0 Å². The minimum atomic E-state index is 0.611. The van der Waals surface area contributed by atoms with Crippen LogP contribution in [0.3, 0.4) is 0 Å². The number of hydrogen-bond donors (Lipinski definition) is 1. The van der Waals surface area contributed by atoms with Gasteiger partial charge in [-0.1, -0.05) is 0 Å². The van der Waals surface area contributed by atoms with E-state index in [1.165, 1.54) is 18.4 Å². The molecule has 0 radical (unpaired) electrons. The molecule has 0 amide bonds. The summed E-state index contributed by atoms with van der Waals surface area (Å²) in [4.78, 5) is 12.7. The van der Waals surface area contributed by atoms with Crippen molar-refractivity contribution < 1.29 is 4.74 Å². The number of hydrogen-bond acceptors (Lipinski definition) is 5. The molecule has 0 aromatic carbocycles. The van der Waals surface area contributed by atoms with Crippen LogP contribution >= 0.6 is 0 Å².